The Labute approximate surface area is 171 Å². The second-order valence-electron chi connectivity index (χ2n) is 7.58. The number of amides is 2. The van der Waals surface area contributed by atoms with Crippen LogP contribution in [-0.2, 0) is 16.0 Å². The van der Waals surface area contributed by atoms with Crippen molar-refractivity contribution in [2.45, 2.75) is 32.6 Å². The van der Waals surface area contributed by atoms with Gasteiger partial charge in [-0.2, -0.15) is 5.10 Å². The van der Waals surface area contributed by atoms with Crippen LogP contribution >= 0.6 is 0 Å². The number of nitrogens with one attached hydrogen (secondary N) is 1. The summed E-state index contributed by atoms with van der Waals surface area (Å²) in [5.74, 6) is 0.0509. The molecule has 29 heavy (non-hydrogen) atoms. The van der Waals surface area contributed by atoms with Gasteiger partial charge in [0.05, 0.1) is 12.3 Å². The molecule has 6 nitrogen and oxygen atoms in total. The molecule has 0 bridgehead atoms. The maximum atomic E-state index is 12.4. The Balaban J connectivity index is 1.36. The van der Waals surface area contributed by atoms with E-state index < -0.39 is 0 Å². The summed E-state index contributed by atoms with van der Waals surface area (Å²) >= 11 is 0. The molecule has 150 valence electrons. The summed E-state index contributed by atoms with van der Waals surface area (Å²) in [5, 5.41) is 4.27. The molecular weight excluding hydrogens is 364 g/mol. The Morgan fingerprint density at radius 2 is 1.79 bits per heavy atom. The van der Waals surface area contributed by atoms with Gasteiger partial charge >= 0.3 is 0 Å². The summed E-state index contributed by atoms with van der Waals surface area (Å²) in [6.45, 7) is 3.82. The van der Waals surface area contributed by atoms with E-state index in [9.17, 15) is 9.59 Å². The van der Waals surface area contributed by atoms with E-state index in [1.807, 2.05) is 48.2 Å². The molecule has 2 aliphatic rings. The van der Waals surface area contributed by atoms with Gasteiger partial charge in [-0.05, 0) is 55.5 Å². The second kappa shape index (κ2) is 8.47. The summed E-state index contributed by atoms with van der Waals surface area (Å²) < 4.78 is 0. The lowest BCUT2D eigenvalue weighted by Crippen LogP contribution is -2.38. The number of anilines is 2. The van der Waals surface area contributed by atoms with Crippen LogP contribution in [0.4, 0.5) is 11.4 Å². The number of hydrazone groups is 1. The van der Waals surface area contributed by atoms with E-state index in [0.29, 0.717) is 13.0 Å². The standard InChI is InChI=1S/C23H26N4O2/c1-17(18-10-12-20(13-11-18)27-15-5-9-23(27)29)24-25-22(28)16-26-14-4-7-19-6-2-3-8-21(19)26/h2-3,6,8,10-13H,4-5,7,9,14-16H2,1H3,(H,25,28)/b24-17-. The van der Waals surface area contributed by atoms with Gasteiger partial charge in [-0.3, -0.25) is 9.59 Å². The van der Waals surface area contributed by atoms with Gasteiger partial charge in [-0.25, -0.2) is 5.43 Å². The normalized spacial score (nSPS) is 16.7. The first-order valence-electron chi connectivity index (χ1n) is 10.2. The average Bonchev–Trinajstić information content (AvgIpc) is 3.18. The molecule has 2 aromatic rings. The number of carbonyl (C=O) groups excluding carboxylic acids is 2. The van der Waals surface area contributed by atoms with Crippen molar-refractivity contribution in [3.05, 3.63) is 59.7 Å². The van der Waals surface area contributed by atoms with Crippen molar-refractivity contribution < 1.29 is 9.59 Å². The van der Waals surface area contributed by atoms with Gasteiger partial charge in [-0.15, -0.1) is 0 Å². The first-order chi connectivity index (χ1) is 14.1. The van der Waals surface area contributed by atoms with Gasteiger partial charge in [-0.1, -0.05) is 30.3 Å². The van der Waals surface area contributed by atoms with E-state index in [0.717, 1.165) is 55.0 Å². The van der Waals surface area contributed by atoms with Gasteiger partial charge < -0.3 is 9.80 Å². The van der Waals surface area contributed by atoms with E-state index >= 15 is 0 Å². The molecule has 0 aliphatic carbocycles. The number of carbonyl (C=O) groups is 2. The summed E-state index contributed by atoms with van der Waals surface area (Å²) in [5.41, 5.74) is 7.68. The Morgan fingerprint density at radius 3 is 2.55 bits per heavy atom. The van der Waals surface area contributed by atoms with Crippen LogP contribution in [0.2, 0.25) is 0 Å². The van der Waals surface area contributed by atoms with E-state index in [1.54, 1.807) is 0 Å². The summed E-state index contributed by atoms with van der Waals surface area (Å²) in [7, 11) is 0. The molecule has 0 spiro atoms. The Kier molecular flexibility index (Phi) is 5.60. The molecule has 0 saturated carbocycles. The fraction of sp³-hybridized carbons (Fsp3) is 0.348. The molecule has 0 unspecified atom stereocenters. The van der Waals surface area contributed by atoms with Crippen molar-refractivity contribution in [1.82, 2.24) is 5.43 Å². The third-order valence-corrected chi connectivity index (χ3v) is 5.56. The molecule has 2 aromatic carbocycles. The van der Waals surface area contributed by atoms with Gasteiger partial charge in [0.25, 0.3) is 5.91 Å². The van der Waals surface area contributed by atoms with E-state index in [4.69, 9.17) is 0 Å². The monoisotopic (exact) mass is 390 g/mol. The Bertz CT molecular complexity index is 936. The molecule has 2 amide bonds. The lowest BCUT2D eigenvalue weighted by atomic mass is 10.0. The van der Waals surface area contributed by atoms with Crippen LogP contribution < -0.4 is 15.2 Å². The highest BCUT2D eigenvalue weighted by atomic mass is 16.2. The molecular formula is C23H26N4O2. The zero-order valence-electron chi connectivity index (χ0n) is 16.7. The molecule has 6 heteroatoms. The maximum Gasteiger partial charge on any atom is 0.259 e. The van der Waals surface area contributed by atoms with Crippen LogP contribution in [0, 0.1) is 0 Å². The lowest BCUT2D eigenvalue weighted by Gasteiger charge is -2.30. The van der Waals surface area contributed by atoms with Crippen LogP contribution in [0.15, 0.2) is 53.6 Å². The number of hydrogen-bond donors (Lipinski definition) is 1. The predicted octanol–water partition coefficient (Wildman–Crippen LogP) is 3.11. The number of hydrogen-bond acceptors (Lipinski definition) is 4. The highest BCUT2D eigenvalue weighted by molar-refractivity contribution is 6.00. The number of nitrogens with zero attached hydrogens (tertiary/aromatic N) is 3. The maximum absolute atomic E-state index is 12.4. The third kappa shape index (κ3) is 4.31. The highest BCUT2D eigenvalue weighted by Gasteiger charge is 2.21. The lowest BCUT2D eigenvalue weighted by molar-refractivity contribution is -0.120. The van der Waals surface area contributed by atoms with Crippen molar-refractivity contribution >= 4 is 28.9 Å². The first kappa shape index (κ1) is 19.2. The molecule has 0 atom stereocenters. The predicted molar refractivity (Wildman–Crippen MR) is 115 cm³/mol. The zero-order chi connectivity index (χ0) is 20.2. The third-order valence-electron chi connectivity index (χ3n) is 5.56. The van der Waals surface area contributed by atoms with Gasteiger partial charge in [0.15, 0.2) is 0 Å². The fourth-order valence-electron chi connectivity index (χ4n) is 4.00. The molecule has 4 rings (SSSR count). The molecule has 0 radical (unpaired) electrons. The van der Waals surface area contributed by atoms with E-state index in [-0.39, 0.29) is 11.8 Å². The SMILES string of the molecule is C/C(=N/NC(=O)CN1CCCc2ccccc21)c1ccc(N2CCCC2=O)cc1. The smallest absolute Gasteiger partial charge is 0.259 e. The van der Waals surface area contributed by atoms with Crippen molar-refractivity contribution in [2.24, 2.45) is 5.10 Å². The van der Waals surface area contributed by atoms with Crippen LogP contribution in [0.1, 0.15) is 37.3 Å². The number of para-hydroxylation sites is 1. The molecule has 1 fully saturated rings. The quantitative estimate of drug-likeness (QED) is 0.630. The molecule has 2 heterocycles. The number of benzene rings is 2. The van der Waals surface area contributed by atoms with Crippen LogP contribution in [-0.4, -0.2) is 37.2 Å². The highest BCUT2D eigenvalue weighted by Crippen LogP contribution is 2.26. The molecule has 1 N–H and O–H groups in total. The average molecular weight is 390 g/mol. The number of rotatable bonds is 5. The van der Waals surface area contributed by atoms with Crippen molar-refractivity contribution in [3.63, 3.8) is 0 Å². The van der Waals surface area contributed by atoms with Gasteiger partial charge in [0, 0.05) is 30.9 Å². The summed E-state index contributed by atoms with van der Waals surface area (Å²) in [4.78, 5) is 28.2. The minimum atomic E-state index is -0.125. The Morgan fingerprint density at radius 1 is 1.03 bits per heavy atom. The van der Waals surface area contributed by atoms with E-state index in [2.05, 4.69) is 27.6 Å². The fourth-order valence-corrected chi connectivity index (χ4v) is 4.00. The van der Waals surface area contributed by atoms with Gasteiger partial charge in [0.1, 0.15) is 0 Å². The zero-order valence-corrected chi connectivity index (χ0v) is 16.7. The van der Waals surface area contributed by atoms with Crippen molar-refractivity contribution in [2.75, 3.05) is 29.4 Å². The minimum absolute atomic E-state index is 0.125. The molecule has 1 saturated heterocycles. The summed E-state index contributed by atoms with van der Waals surface area (Å²) in [6, 6.07) is 16.0. The van der Waals surface area contributed by atoms with Crippen LogP contribution in [0.5, 0.6) is 0 Å². The summed E-state index contributed by atoms with van der Waals surface area (Å²) in [6.07, 6.45) is 3.65. The number of aryl methyl sites for hydroxylation is 1. The van der Waals surface area contributed by atoms with Crippen molar-refractivity contribution in [3.8, 4) is 0 Å². The number of fused-ring (bicyclic) bond motifs is 1. The topological polar surface area (TPSA) is 65.0 Å². The van der Waals surface area contributed by atoms with E-state index in [1.165, 1.54) is 5.56 Å². The van der Waals surface area contributed by atoms with Crippen molar-refractivity contribution in [1.29, 1.82) is 0 Å². The van der Waals surface area contributed by atoms with Gasteiger partial charge in [0.2, 0.25) is 5.91 Å². The molecule has 0 aromatic heterocycles. The van der Waals surface area contributed by atoms with Crippen LogP contribution in [0.3, 0.4) is 0 Å². The Hall–Kier alpha value is -3.15. The first-order valence-corrected chi connectivity index (χ1v) is 10.2. The second-order valence-corrected chi connectivity index (χ2v) is 7.58. The largest absolute Gasteiger partial charge is 0.362 e. The van der Waals surface area contributed by atoms with Crippen LogP contribution in [0.25, 0.3) is 0 Å². The minimum Gasteiger partial charge on any atom is -0.362 e. The molecule has 2 aliphatic heterocycles.